The van der Waals surface area contributed by atoms with E-state index in [1.807, 2.05) is 33.9 Å². The summed E-state index contributed by atoms with van der Waals surface area (Å²) in [5, 5.41) is 10.8. The molecule has 242 valence electrons. The molecule has 0 spiro atoms. The first-order valence-electron chi connectivity index (χ1n) is 14.3. The first-order chi connectivity index (χ1) is 20.8. The van der Waals surface area contributed by atoms with Crippen LogP contribution in [0.3, 0.4) is 0 Å². The fourth-order valence-corrected chi connectivity index (χ4v) is 8.37. The van der Waals surface area contributed by atoms with E-state index < -0.39 is 59.2 Å². The highest BCUT2D eigenvalue weighted by Gasteiger charge is 2.73. The van der Waals surface area contributed by atoms with Crippen LogP contribution in [-0.4, -0.2) is 68.5 Å². The molecule has 0 bridgehead atoms. The lowest BCUT2D eigenvalue weighted by molar-refractivity contribution is -0.384. The number of nitro benzene ring substituents is 1. The number of hydrogen-bond donors (Lipinski definition) is 0. The summed E-state index contributed by atoms with van der Waals surface area (Å²) >= 11 is 0. The fraction of sp³-hybridized carbons (Fsp3) is 0.419. The molecule has 0 saturated carbocycles. The van der Waals surface area contributed by atoms with Gasteiger partial charge in [0.2, 0.25) is 5.60 Å². The Morgan fingerprint density at radius 3 is 2.24 bits per heavy atom. The van der Waals surface area contributed by atoms with Crippen LogP contribution in [-0.2, 0) is 28.7 Å². The third-order valence-electron chi connectivity index (χ3n) is 8.74. The number of amides is 1. The third-order valence-corrected chi connectivity index (χ3v) is 15.0. The van der Waals surface area contributed by atoms with Gasteiger partial charge in [0.05, 0.1) is 22.0 Å². The summed E-state index contributed by atoms with van der Waals surface area (Å²) in [5.74, 6) is -0.547. The molecule has 14 heteroatoms. The van der Waals surface area contributed by atoms with Gasteiger partial charge < -0.3 is 18.6 Å². The molecule has 4 rings (SSSR count). The van der Waals surface area contributed by atoms with Gasteiger partial charge in [0.1, 0.15) is 24.0 Å². The third kappa shape index (κ3) is 5.77. The Morgan fingerprint density at radius 2 is 1.71 bits per heavy atom. The van der Waals surface area contributed by atoms with Gasteiger partial charge in [0.25, 0.3) is 15.7 Å². The van der Waals surface area contributed by atoms with Crippen LogP contribution in [0.2, 0.25) is 18.1 Å². The summed E-state index contributed by atoms with van der Waals surface area (Å²) in [6.07, 6.45) is 0.270. The monoisotopic (exact) mass is 658 g/mol. The van der Waals surface area contributed by atoms with Gasteiger partial charge in [-0.15, -0.1) is 0 Å². The second-order valence-corrected chi connectivity index (χ2v) is 19.1. The molecule has 1 fully saturated rings. The van der Waals surface area contributed by atoms with E-state index in [4.69, 9.17) is 18.6 Å². The van der Waals surface area contributed by atoms with Crippen molar-refractivity contribution in [3.05, 3.63) is 94.3 Å². The average Bonchev–Trinajstić information content (AvgIpc) is 3.38. The number of carbonyl (C=O) groups excluding carboxylic acids is 2. The van der Waals surface area contributed by atoms with Crippen LogP contribution in [0, 0.1) is 10.1 Å². The van der Waals surface area contributed by atoms with Gasteiger partial charge in [0.15, 0.2) is 8.32 Å². The first kappa shape index (κ1) is 33.9. The van der Waals surface area contributed by atoms with E-state index in [1.165, 1.54) is 6.08 Å². The number of non-ortho nitro benzene ring substituents is 1. The van der Waals surface area contributed by atoms with E-state index in [9.17, 15) is 28.1 Å². The number of rotatable bonds is 11. The number of fused-ring (bicyclic) bond motifs is 1. The van der Waals surface area contributed by atoms with Crippen molar-refractivity contribution in [2.24, 2.45) is 0 Å². The minimum absolute atomic E-state index is 0.172. The standard InChI is InChI=1S/C31H38N2O10SSi/c1-9-40-21(2)25-19-26-31(20-41-27(34)22-13-11-10-12-14-22,30(25,6)43-45(7,8)29(3,4)5)42-28(35)32(26)44(38,39)24-17-15-23(16-18-24)33(36)37/h10-19,26H,2,9,20H2,1,3-8H3/t26-,30-,31-/m1/s1. The van der Waals surface area contributed by atoms with Crippen LogP contribution in [0.4, 0.5) is 10.5 Å². The van der Waals surface area contributed by atoms with Crippen molar-refractivity contribution in [3.63, 3.8) is 0 Å². The molecule has 1 heterocycles. The number of esters is 1. The van der Waals surface area contributed by atoms with Gasteiger partial charge in [-0.2, -0.15) is 4.31 Å². The van der Waals surface area contributed by atoms with Crippen LogP contribution in [0.25, 0.3) is 0 Å². The largest absolute Gasteiger partial charge is 0.494 e. The highest BCUT2D eigenvalue weighted by atomic mass is 32.2. The molecule has 12 nitrogen and oxygen atoms in total. The fourth-order valence-electron chi connectivity index (χ4n) is 5.29. The predicted molar refractivity (Wildman–Crippen MR) is 167 cm³/mol. The second-order valence-electron chi connectivity index (χ2n) is 12.5. The molecular weight excluding hydrogens is 620 g/mol. The first-order valence-corrected chi connectivity index (χ1v) is 18.7. The van der Waals surface area contributed by atoms with Crippen molar-refractivity contribution in [3.8, 4) is 0 Å². The molecule has 45 heavy (non-hydrogen) atoms. The summed E-state index contributed by atoms with van der Waals surface area (Å²) in [6.45, 7) is 17.2. The zero-order chi connectivity index (χ0) is 33.6. The van der Waals surface area contributed by atoms with Crippen LogP contribution in [0.15, 0.2) is 83.5 Å². The molecule has 1 aliphatic carbocycles. The molecule has 2 aromatic carbocycles. The topological polar surface area (TPSA) is 152 Å². The molecule has 1 saturated heterocycles. The van der Waals surface area contributed by atoms with E-state index in [0.29, 0.717) is 9.88 Å². The number of hydrogen-bond acceptors (Lipinski definition) is 10. The lowest BCUT2D eigenvalue weighted by atomic mass is 9.81. The lowest BCUT2D eigenvalue weighted by Crippen LogP contribution is -2.65. The van der Waals surface area contributed by atoms with Crippen LogP contribution < -0.4 is 0 Å². The number of nitrogens with zero attached hydrogens (tertiary/aromatic N) is 2. The number of benzene rings is 2. The summed E-state index contributed by atoms with van der Waals surface area (Å²) < 4.78 is 53.3. The molecule has 1 amide bonds. The molecule has 0 radical (unpaired) electrons. The molecule has 0 aromatic heterocycles. The Bertz CT molecular complexity index is 1650. The predicted octanol–water partition coefficient (Wildman–Crippen LogP) is 5.97. The number of sulfonamides is 1. The zero-order valence-electron chi connectivity index (χ0n) is 26.4. The van der Waals surface area contributed by atoms with Crippen LogP contribution >= 0.6 is 0 Å². The van der Waals surface area contributed by atoms with E-state index >= 15 is 0 Å². The highest BCUT2D eigenvalue weighted by Crippen LogP contribution is 2.56. The van der Waals surface area contributed by atoms with E-state index in [0.717, 1.165) is 24.3 Å². The van der Waals surface area contributed by atoms with Crippen molar-refractivity contribution < 1.29 is 41.6 Å². The molecule has 0 N–H and O–H groups in total. The van der Waals surface area contributed by atoms with Gasteiger partial charge in [-0.05, 0) is 62.3 Å². The van der Waals surface area contributed by atoms with E-state index in [1.54, 1.807) is 44.2 Å². The Balaban J connectivity index is 1.91. The van der Waals surface area contributed by atoms with Crippen molar-refractivity contribution in [1.29, 1.82) is 0 Å². The summed E-state index contributed by atoms with van der Waals surface area (Å²) in [5.41, 5.74) is -3.26. The lowest BCUT2D eigenvalue weighted by Gasteiger charge is -2.49. The summed E-state index contributed by atoms with van der Waals surface area (Å²) in [7, 11) is -7.41. The maximum Gasteiger partial charge on any atom is 0.425 e. The van der Waals surface area contributed by atoms with Crippen molar-refractivity contribution >= 4 is 36.1 Å². The minimum atomic E-state index is -4.66. The Hall–Kier alpha value is -4.01. The molecule has 2 aromatic rings. The summed E-state index contributed by atoms with van der Waals surface area (Å²) in [6, 6.07) is 10.9. The Morgan fingerprint density at radius 1 is 1.11 bits per heavy atom. The number of carbonyl (C=O) groups is 2. The quantitative estimate of drug-likeness (QED) is 0.0928. The van der Waals surface area contributed by atoms with Gasteiger partial charge in [0, 0.05) is 17.7 Å². The number of nitro groups is 1. The SMILES string of the molecule is C=C(OCC)C1=C[C@H]2N(S(=O)(=O)c3ccc([N+](=O)[O-])cc3)C(=O)O[C@@]2(COC(=O)c2ccccc2)[C@]1(C)O[Si](C)(C)C(C)(C)C. The van der Waals surface area contributed by atoms with Gasteiger partial charge >= 0.3 is 12.1 Å². The maximum atomic E-state index is 14.1. The minimum Gasteiger partial charge on any atom is -0.494 e. The zero-order valence-corrected chi connectivity index (χ0v) is 28.2. The number of ether oxygens (including phenoxy) is 3. The normalized spacial score (nSPS) is 23.2. The molecule has 3 atom stereocenters. The molecular formula is C31H38N2O10SSi. The van der Waals surface area contributed by atoms with E-state index in [2.05, 4.69) is 6.58 Å². The van der Waals surface area contributed by atoms with Gasteiger partial charge in [-0.3, -0.25) is 10.1 Å². The van der Waals surface area contributed by atoms with E-state index in [-0.39, 0.29) is 33.6 Å². The van der Waals surface area contributed by atoms with Gasteiger partial charge in [-0.25, -0.2) is 18.0 Å². The Labute approximate surface area is 263 Å². The summed E-state index contributed by atoms with van der Waals surface area (Å²) in [4.78, 5) is 37.0. The second kappa shape index (κ2) is 11.7. The Kier molecular flexibility index (Phi) is 8.83. The molecule has 0 unspecified atom stereocenters. The van der Waals surface area contributed by atoms with Crippen LogP contribution in [0.5, 0.6) is 0 Å². The highest BCUT2D eigenvalue weighted by molar-refractivity contribution is 7.89. The molecule has 1 aliphatic heterocycles. The maximum absolute atomic E-state index is 14.1. The van der Waals surface area contributed by atoms with Crippen molar-refractivity contribution in [2.75, 3.05) is 13.2 Å². The molecule has 2 aliphatic rings. The van der Waals surface area contributed by atoms with Crippen LogP contribution in [0.1, 0.15) is 45.0 Å². The van der Waals surface area contributed by atoms with Gasteiger partial charge in [-0.1, -0.05) is 45.5 Å². The smallest absolute Gasteiger partial charge is 0.425 e. The van der Waals surface area contributed by atoms with Crippen molar-refractivity contribution in [2.45, 2.75) is 74.9 Å². The average molecular weight is 659 g/mol. The van der Waals surface area contributed by atoms with Crippen molar-refractivity contribution in [1.82, 2.24) is 4.31 Å².